The van der Waals surface area contributed by atoms with E-state index in [0.29, 0.717) is 25.4 Å². The summed E-state index contributed by atoms with van der Waals surface area (Å²) < 4.78 is 10.8. The van der Waals surface area contributed by atoms with Gasteiger partial charge in [0.1, 0.15) is 17.7 Å². The van der Waals surface area contributed by atoms with E-state index in [-0.39, 0.29) is 16.4 Å². The van der Waals surface area contributed by atoms with Gasteiger partial charge in [0, 0.05) is 50.4 Å². The second-order valence-electron chi connectivity index (χ2n) is 8.59. The predicted molar refractivity (Wildman–Crippen MR) is 116 cm³/mol. The molecule has 0 bridgehead atoms. The maximum absolute atomic E-state index is 9.39. The Hall–Kier alpha value is -1.65. The average Bonchev–Trinajstić information content (AvgIpc) is 2.64. The number of hydrogen-bond acceptors (Lipinski definition) is 5. The molecule has 6 heteroatoms. The fourth-order valence-corrected chi connectivity index (χ4v) is 3.19. The number of allylic oxidation sites excluding steroid dienone is 6. The second kappa shape index (κ2) is 10.8. The third-order valence-corrected chi connectivity index (χ3v) is 5.27. The van der Waals surface area contributed by atoms with Crippen LogP contribution in [0.25, 0.3) is 0 Å². The van der Waals surface area contributed by atoms with Gasteiger partial charge in [0.05, 0.1) is 13.2 Å². The maximum atomic E-state index is 9.39. The molecule has 0 aromatic carbocycles. The van der Waals surface area contributed by atoms with E-state index in [1.807, 2.05) is 24.3 Å². The first-order valence-electron chi connectivity index (χ1n) is 9.78. The molecule has 0 N–H and O–H groups in total. The highest BCUT2D eigenvalue weighted by Gasteiger charge is 2.35. The van der Waals surface area contributed by atoms with Crippen LogP contribution in [0.3, 0.4) is 0 Å². The highest BCUT2D eigenvalue weighted by molar-refractivity contribution is 7.09. The summed E-state index contributed by atoms with van der Waals surface area (Å²) >= 11 is 0. The lowest BCUT2D eigenvalue weighted by atomic mass is 9.79. The van der Waals surface area contributed by atoms with Crippen LogP contribution in [0.2, 0.25) is 0 Å². The molecule has 1 aliphatic rings. The summed E-state index contributed by atoms with van der Waals surface area (Å²) in [7, 11) is 2.25. The fourth-order valence-electron chi connectivity index (χ4n) is 3.03. The summed E-state index contributed by atoms with van der Waals surface area (Å²) in [5.41, 5.74) is 2.83. The molecule has 1 heterocycles. The summed E-state index contributed by atoms with van der Waals surface area (Å²) in [6.45, 7) is 15.7. The van der Waals surface area contributed by atoms with Gasteiger partial charge in [-0.1, -0.05) is 41.5 Å². The van der Waals surface area contributed by atoms with Gasteiger partial charge in [0.2, 0.25) is 0 Å². The van der Waals surface area contributed by atoms with Gasteiger partial charge in [-0.15, -0.1) is 0 Å². The lowest BCUT2D eigenvalue weighted by molar-refractivity contribution is 0.0996. The van der Waals surface area contributed by atoms with Gasteiger partial charge in [-0.3, -0.25) is 0 Å². The lowest BCUT2D eigenvalue weighted by Crippen LogP contribution is -2.39. The molecule has 0 amide bonds. The molecule has 154 valence electrons. The zero-order chi connectivity index (χ0) is 21.4. The quantitative estimate of drug-likeness (QED) is 0.304. The summed E-state index contributed by atoms with van der Waals surface area (Å²) in [5.74, 6) is 0. The van der Waals surface area contributed by atoms with Gasteiger partial charge >= 0.3 is 0 Å². The van der Waals surface area contributed by atoms with Crippen molar-refractivity contribution in [2.75, 3.05) is 26.4 Å². The van der Waals surface area contributed by atoms with E-state index in [1.54, 1.807) is 0 Å². The monoisotopic (exact) mass is 403 g/mol. The van der Waals surface area contributed by atoms with Crippen molar-refractivity contribution in [3.63, 3.8) is 0 Å². The van der Waals surface area contributed by atoms with Crippen LogP contribution in [0.15, 0.2) is 34.7 Å². The molecular formula is C22H34N3O2P. The predicted octanol–water partition coefficient (Wildman–Crippen LogP) is 5.11. The second-order valence-corrected chi connectivity index (χ2v) is 8.92. The van der Waals surface area contributed by atoms with Gasteiger partial charge in [0.25, 0.3) is 0 Å². The van der Waals surface area contributed by atoms with Gasteiger partial charge in [-0.2, -0.15) is 10.5 Å². The van der Waals surface area contributed by atoms with Crippen LogP contribution in [-0.2, 0) is 9.26 Å². The van der Waals surface area contributed by atoms with Crippen molar-refractivity contribution in [3.8, 4) is 12.1 Å². The minimum Gasteiger partial charge on any atom is -0.380 e. The fraction of sp³-hybridized carbons (Fsp3) is 0.636. The molecule has 0 fully saturated rings. The van der Waals surface area contributed by atoms with Crippen LogP contribution in [-0.4, -0.2) is 31.3 Å². The van der Waals surface area contributed by atoms with Crippen molar-refractivity contribution >= 4 is 9.47 Å². The van der Waals surface area contributed by atoms with Crippen molar-refractivity contribution in [2.45, 2.75) is 54.4 Å². The Bertz CT molecular complexity index is 700. The topological polar surface area (TPSA) is 69.3 Å². The first-order chi connectivity index (χ1) is 13.1. The van der Waals surface area contributed by atoms with E-state index in [1.165, 1.54) is 0 Å². The molecule has 1 unspecified atom stereocenters. The average molecular weight is 404 g/mol. The number of hydrogen-bond donors (Lipinski definition) is 0. The standard InChI is InChI=1S/C22H34N3O2P/c1-7-22(5,6)20-14-17(18(15-23)16-24)13-19(21(2,3)4)25(20)9-12-26-10-8-11-27-28/h13-14H,7-12,28H2,1-6H3. The summed E-state index contributed by atoms with van der Waals surface area (Å²) in [6, 6.07) is 4.09. The van der Waals surface area contributed by atoms with Crippen LogP contribution >= 0.6 is 9.47 Å². The molecular weight excluding hydrogens is 369 g/mol. The van der Waals surface area contributed by atoms with E-state index in [9.17, 15) is 10.5 Å². The SMILES string of the molecule is CCC(C)(C)C1=CC(=C(C#N)C#N)C=C(C(C)(C)C)N1CCOCCCOP. The molecule has 0 radical (unpaired) electrons. The van der Waals surface area contributed by atoms with Crippen LogP contribution in [0, 0.1) is 33.5 Å². The highest BCUT2D eigenvalue weighted by atomic mass is 31.0. The van der Waals surface area contributed by atoms with Crippen LogP contribution < -0.4 is 0 Å². The number of rotatable bonds is 9. The van der Waals surface area contributed by atoms with Crippen LogP contribution in [0.4, 0.5) is 0 Å². The lowest BCUT2D eigenvalue weighted by Gasteiger charge is -2.44. The largest absolute Gasteiger partial charge is 0.380 e. The smallest absolute Gasteiger partial charge is 0.137 e. The zero-order valence-electron chi connectivity index (χ0n) is 18.1. The van der Waals surface area contributed by atoms with Crippen molar-refractivity contribution < 1.29 is 9.26 Å². The molecule has 0 aromatic rings. The molecule has 1 rings (SSSR count). The first-order valence-corrected chi connectivity index (χ1v) is 10.2. The molecule has 0 spiro atoms. The minimum absolute atomic E-state index is 0.0979. The normalized spacial score (nSPS) is 14.9. The van der Waals surface area contributed by atoms with Crippen molar-refractivity contribution in [3.05, 3.63) is 34.7 Å². The van der Waals surface area contributed by atoms with Gasteiger partial charge in [0.15, 0.2) is 0 Å². The number of ether oxygens (including phenoxy) is 1. The van der Waals surface area contributed by atoms with Crippen molar-refractivity contribution in [1.82, 2.24) is 4.90 Å². The Morgan fingerprint density at radius 1 is 1.04 bits per heavy atom. The summed E-state index contributed by atoms with van der Waals surface area (Å²) in [5, 5.41) is 18.8. The van der Waals surface area contributed by atoms with E-state index in [2.05, 4.69) is 55.9 Å². The Balaban J connectivity index is 3.29. The third kappa shape index (κ3) is 6.46. The molecule has 0 aliphatic carbocycles. The van der Waals surface area contributed by atoms with Gasteiger partial charge in [-0.25, -0.2) is 0 Å². The number of nitrogens with zero attached hydrogens (tertiary/aromatic N) is 3. The molecule has 1 aliphatic heterocycles. The summed E-state index contributed by atoms with van der Waals surface area (Å²) in [6.07, 6.45) is 5.79. The Labute approximate surface area is 173 Å². The van der Waals surface area contributed by atoms with E-state index in [4.69, 9.17) is 9.26 Å². The van der Waals surface area contributed by atoms with E-state index in [0.717, 1.165) is 30.8 Å². The first kappa shape index (κ1) is 24.4. The van der Waals surface area contributed by atoms with Crippen molar-refractivity contribution in [2.24, 2.45) is 10.8 Å². The number of nitriles is 2. The van der Waals surface area contributed by atoms with Crippen LogP contribution in [0.1, 0.15) is 54.4 Å². The Morgan fingerprint density at radius 2 is 1.64 bits per heavy atom. The maximum Gasteiger partial charge on any atom is 0.137 e. The van der Waals surface area contributed by atoms with Gasteiger partial charge < -0.3 is 14.2 Å². The van der Waals surface area contributed by atoms with Crippen LogP contribution in [0.5, 0.6) is 0 Å². The highest BCUT2D eigenvalue weighted by Crippen LogP contribution is 2.43. The molecule has 0 saturated carbocycles. The molecule has 0 saturated heterocycles. The molecule has 0 aromatic heterocycles. The third-order valence-electron chi connectivity index (χ3n) is 5.03. The molecule has 1 atom stereocenters. The summed E-state index contributed by atoms with van der Waals surface area (Å²) in [4.78, 5) is 2.31. The molecule has 28 heavy (non-hydrogen) atoms. The van der Waals surface area contributed by atoms with E-state index >= 15 is 0 Å². The van der Waals surface area contributed by atoms with E-state index < -0.39 is 0 Å². The Kier molecular flexibility index (Phi) is 9.38. The molecule has 5 nitrogen and oxygen atoms in total. The minimum atomic E-state index is -0.141. The zero-order valence-corrected chi connectivity index (χ0v) is 19.3. The Morgan fingerprint density at radius 3 is 2.14 bits per heavy atom. The van der Waals surface area contributed by atoms with Gasteiger partial charge in [-0.05, 0) is 25.0 Å². The van der Waals surface area contributed by atoms with Crippen molar-refractivity contribution in [1.29, 1.82) is 10.5 Å².